The van der Waals surface area contributed by atoms with Crippen molar-refractivity contribution in [1.29, 1.82) is 0 Å². The van der Waals surface area contributed by atoms with Gasteiger partial charge in [0.2, 0.25) is 5.91 Å². The molecule has 0 saturated carbocycles. The number of halogens is 1. The van der Waals surface area contributed by atoms with E-state index >= 15 is 0 Å². The second-order valence-corrected chi connectivity index (χ2v) is 5.01. The van der Waals surface area contributed by atoms with Gasteiger partial charge in [-0.05, 0) is 19.1 Å². The number of nitrogens with one attached hydrogen (secondary N) is 2. The van der Waals surface area contributed by atoms with Crippen LogP contribution in [0.25, 0.3) is 5.69 Å². The number of amides is 1. The Hall–Kier alpha value is -1.92. The zero-order valence-corrected chi connectivity index (χ0v) is 12.5. The highest BCUT2D eigenvalue weighted by molar-refractivity contribution is 5.85. The zero-order chi connectivity index (χ0) is 13.9. The molecule has 7 heteroatoms. The molecule has 112 valence electrons. The molecule has 1 aliphatic rings. The van der Waals surface area contributed by atoms with E-state index in [0.717, 1.165) is 24.5 Å². The standard InChI is InChI=1S/C14H17N5O.ClH/c1-10(16-14(20)11-7-15-8-11)13-9-19(18-17-13)12-5-3-2-4-6-12;/h2-6,9-11,15H,7-8H2,1H3,(H,16,20);1H. The summed E-state index contributed by atoms with van der Waals surface area (Å²) in [5.74, 6) is 0.159. The van der Waals surface area contributed by atoms with Crippen LogP contribution in [0, 0.1) is 5.92 Å². The molecular formula is C14H18ClN5O. The van der Waals surface area contributed by atoms with Crippen molar-refractivity contribution in [2.45, 2.75) is 13.0 Å². The van der Waals surface area contributed by atoms with Gasteiger partial charge in [0.1, 0.15) is 5.69 Å². The van der Waals surface area contributed by atoms with Gasteiger partial charge in [0, 0.05) is 13.1 Å². The Bertz CT molecular complexity index is 596. The maximum Gasteiger partial charge on any atom is 0.226 e. The molecule has 0 aliphatic carbocycles. The SMILES string of the molecule is CC(NC(=O)C1CNC1)c1cn(-c2ccccc2)nn1.Cl. The molecule has 1 aliphatic heterocycles. The van der Waals surface area contributed by atoms with E-state index in [4.69, 9.17) is 0 Å². The summed E-state index contributed by atoms with van der Waals surface area (Å²) in [5.41, 5.74) is 1.71. The van der Waals surface area contributed by atoms with Crippen molar-refractivity contribution in [3.8, 4) is 5.69 Å². The highest BCUT2D eigenvalue weighted by Crippen LogP contribution is 2.13. The van der Waals surface area contributed by atoms with E-state index < -0.39 is 0 Å². The molecule has 2 N–H and O–H groups in total. The molecule has 1 fully saturated rings. The van der Waals surface area contributed by atoms with E-state index in [1.165, 1.54) is 0 Å². The summed E-state index contributed by atoms with van der Waals surface area (Å²) in [6.07, 6.45) is 1.85. The minimum absolute atomic E-state index is 0. The van der Waals surface area contributed by atoms with Gasteiger partial charge in [-0.15, -0.1) is 17.5 Å². The van der Waals surface area contributed by atoms with Gasteiger partial charge >= 0.3 is 0 Å². The van der Waals surface area contributed by atoms with Crippen LogP contribution in [0.1, 0.15) is 18.7 Å². The number of carbonyl (C=O) groups excluding carboxylic acids is 1. The number of hydrogen-bond acceptors (Lipinski definition) is 4. The quantitative estimate of drug-likeness (QED) is 0.887. The lowest BCUT2D eigenvalue weighted by Gasteiger charge is -2.27. The van der Waals surface area contributed by atoms with E-state index in [1.807, 2.05) is 43.5 Å². The number of carbonyl (C=O) groups is 1. The molecule has 0 spiro atoms. The highest BCUT2D eigenvalue weighted by atomic mass is 35.5. The number of hydrogen-bond donors (Lipinski definition) is 2. The van der Waals surface area contributed by atoms with Crippen molar-refractivity contribution in [2.24, 2.45) is 5.92 Å². The summed E-state index contributed by atoms with van der Waals surface area (Å²) < 4.78 is 1.71. The van der Waals surface area contributed by atoms with E-state index in [1.54, 1.807) is 4.68 Å². The monoisotopic (exact) mass is 307 g/mol. The van der Waals surface area contributed by atoms with Crippen LogP contribution in [-0.4, -0.2) is 34.0 Å². The van der Waals surface area contributed by atoms with Gasteiger partial charge in [0.15, 0.2) is 0 Å². The summed E-state index contributed by atoms with van der Waals surface area (Å²) in [6.45, 7) is 3.44. The van der Waals surface area contributed by atoms with Crippen LogP contribution in [0.15, 0.2) is 36.5 Å². The molecule has 2 aromatic rings. The molecule has 0 radical (unpaired) electrons. The van der Waals surface area contributed by atoms with Crippen LogP contribution in [0.4, 0.5) is 0 Å². The molecule has 21 heavy (non-hydrogen) atoms. The molecule has 3 rings (SSSR count). The predicted molar refractivity (Wildman–Crippen MR) is 81.5 cm³/mol. The van der Waals surface area contributed by atoms with Gasteiger partial charge < -0.3 is 10.6 Å². The Balaban J connectivity index is 0.00000161. The van der Waals surface area contributed by atoms with E-state index in [0.29, 0.717) is 0 Å². The Morgan fingerprint density at radius 2 is 2.10 bits per heavy atom. The summed E-state index contributed by atoms with van der Waals surface area (Å²) in [4.78, 5) is 11.9. The minimum atomic E-state index is -0.138. The van der Waals surface area contributed by atoms with Gasteiger partial charge in [-0.25, -0.2) is 4.68 Å². The molecule has 1 unspecified atom stereocenters. The van der Waals surface area contributed by atoms with Crippen LogP contribution >= 0.6 is 12.4 Å². The lowest BCUT2D eigenvalue weighted by molar-refractivity contribution is -0.127. The number of para-hydroxylation sites is 1. The molecule has 0 bridgehead atoms. The fourth-order valence-electron chi connectivity index (χ4n) is 2.06. The normalized spacial score (nSPS) is 15.7. The van der Waals surface area contributed by atoms with Crippen LogP contribution < -0.4 is 10.6 Å². The Morgan fingerprint density at radius 3 is 2.71 bits per heavy atom. The third kappa shape index (κ3) is 3.40. The maximum atomic E-state index is 11.9. The van der Waals surface area contributed by atoms with Gasteiger partial charge in [-0.1, -0.05) is 23.4 Å². The van der Waals surface area contributed by atoms with Gasteiger partial charge in [0.25, 0.3) is 0 Å². The third-order valence-electron chi connectivity index (χ3n) is 3.49. The first-order valence-corrected chi connectivity index (χ1v) is 6.73. The Labute approximate surface area is 129 Å². The van der Waals surface area contributed by atoms with Crippen molar-refractivity contribution in [3.05, 3.63) is 42.2 Å². The number of aromatic nitrogens is 3. The highest BCUT2D eigenvalue weighted by Gasteiger charge is 2.26. The fraction of sp³-hybridized carbons (Fsp3) is 0.357. The molecule has 1 amide bonds. The van der Waals surface area contributed by atoms with Crippen molar-refractivity contribution >= 4 is 18.3 Å². The van der Waals surface area contributed by atoms with Gasteiger partial charge in [0.05, 0.1) is 23.8 Å². The number of benzene rings is 1. The molecule has 2 heterocycles. The second kappa shape index (κ2) is 6.69. The molecule has 1 saturated heterocycles. The first-order chi connectivity index (χ1) is 9.74. The smallest absolute Gasteiger partial charge is 0.226 e. The average molecular weight is 308 g/mol. The Kier molecular flexibility index (Phi) is 4.93. The number of nitrogens with zero attached hydrogens (tertiary/aromatic N) is 3. The predicted octanol–water partition coefficient (Wildman–Crippen LogP) is 1.09. The molecule has 1 aromatic carbocycles. The second-order valence-electron chi connectivity index (χ2n) is 5.01. The van der Waals surface area contributed by atoms with Crippen molar-refractivity contribution in [1.82, 2.24) is 25.6 Å². The molecular weight excluding hydrogens is 290 g/mol. The van der Waals surface area contributed by atoms with Crippen molar-refractivity contribution in [3.63, 3.8) is 0 Å². The summed E-state index contributed by atoms with van der Waals surface area (Å²) in [7, 11) is 0. The topological polar surface area (TPSA) is 71.8 Å². The lowest BCUT2D eigenvalue weighted by atomic mass is 10.0. The van der Waals surface area contributed by atoms with E-state index in [9.17, 15) is 4.79 Å². The van der Waals surface area contributed by atoms with Gasteiger partial charge in [-0.2, -0.15) is 0 Å². The molecule has 1 atom stereocenters. The first-order valence-electron chi connectivity index (χ1n) is 6.73. The maximum absolute atomic E-state index is 11.9. The number of rotatable bonds is 4. The average Bonchev–Trinajstić information content (AvgIpc) is 2.87. The van der Waals surface area contributed by atoms with Crippen LogP contribution in [0.5, 0.6) is 0 Å². The minimum Gasteiger partial charge on any atom is -0.348 e. The van der Waals surface area contributed by atoms with Gasteiger partial charge in [-0.3, -0.25) is 4.79 Å². The summed E-state index contributed by atoms with van der Waals surface area (Å²) in [6, 6.07) is 9.64. The lowest BCUT2D eigenvalue weighted by Crippen LogP contribution is -2.51. The fourth-order valence-corrected chi connectivity index (χ4v) is 2.06. The summed E-state index contributed by atoms with van der Waals surface area (Å²) in [5, 5.41) is 14.3. The molecule has 1 aromatic heterocycles. The van der Waals surface area contributed by atoms with Crippen molar-refractivity contribution in [2.75, 3.05) is 13.1 Å². The zero-order valence-electron chi connectivity index (χ0n) is 11.7. The summed E-state index contributed by atoms with van der Waals surface area (Å²) >= 11 is 0. The largest absolute Gasteiger partial charge is 0.348 e. The van der Waals surface area contributed by atoms with Crippen molar-refractivity contribution < 1.29 is 4.79 Å². The Morgan fingerprint density at radius 1 is 1.38 bits per heavy atom. The third-order valence-corrected chi connectivity index (χ3v) is 3.49. The van der Waals surface area contributed by atoms with Crippen LogP contribution in [0.2, 0.25) is 0 Å². The first kappa shape index (κ1) is 15.5. The van der Waals surface area contributed by atoms with E-state index in [-0.39, 0.29) is 30.3 Å². The van der Waals surface area contributed by atoms with Crippen LogP contribution in [0.3, 0.4) is 0 Å². The molecule has 6 nitrogen and oxygen atoms in total. The van der Waals surface area contributed by atoms with Crippen LogP contribution in [-0.2, 0) is 4.79 Å². The van der Waals surface area contributed by atoms with E-state index in [2.05, 4.69) is 20.9 Å².